The average Bonchev–Trinajstić information content (AvgIpc) is 2.88. The Bertz CT molecular complexity index is 663. The van der Waals surface area contributed by atoms with Crippen LogP contribution in [0, 0.1) is 0 Å². The van der Waals surface area contributed by atoms with Crippen molar-refractivity contribution >= 4 is 32.4 Å². The zero-order valence-electron chi connectivity index (χ0n) is 12.7. The molecule has 0 atom stereocenters. The minimum Gasteiger partial charge on any atom is -0.302 e. The summed E-state index contributed by atoms with van der Waals surface area (Å²) in [4.78, 5) is 16.4. The Morgan fingerprint density at radius 3 is 2.73 bits per heavy atom. The highest BCUT2D eigenvalue weighted by atomic mass is 32.2. The smallest absolute Gasteiger partial charge is 0.223 e. The van der Waals surface area contributed by atoms with Crippen LogP contribution in [-0.2, 0) is 27.8 Å². The Labute approximate surface area is 135 Å². The first-order valence-electron chi connectivity index (χ1n) is 7.72. The minimum absolute atomic E-state index is 0.155. The van der Waals surface area contributed by atoms with E-state index in [1.807, 2.05) is 0 Å². The topological polar surface area (TPSA) is 79.4 Å². The molecule has 0 radical (unpaired) electrons. The van der Waals surface area contributed by atoms with Crippen LogP contribution in [0.15, 0.2) is 0 Å². The van der Waals surface area contributed by atoms with E-state index in [2.05, 4.69) is 10.3 Å². The van der Waals surface area contributed by atoms with Crippen LogP contribution in [0.3, 0.4) is 0 Å². The van der Waals surface area contributed by atoms with Crippen molar-refractivity contribution in [1.82, 2.24) is 9.29 Å². The van der Waals surface area contributed by atoms with E-state index in [-0.39, 0.29) is 11.2 Å². The third-order valence-corrected chi connectivity index (χ3v) is 7.66. The lowest BCUT2D eigenvalue weighted by atomic mass is 10.0. The molecule has 1 aromatic heterocycles. The summed E-state index contributed by atoms with van der Waals surface area (Å²) in [5.74, 6) is -0.155. The highest BCUT2D eigenvalue weighted by Crippen LogP contribution is 2.32. The molecular formula is C14H21N3O3S2. The minimum atomic E-state index is -3.22. The number of hydrogen-bond donors (Lipinski definition) is 1. The maximum absolute atomic E-state index is 12.8. The Balaban J connectivity index is 1.75. The maximum Gasteiger partial charge on any atom is 0.223 e. The lowest BCUT2D eigenvalue weighted by Crippen LogP contribution is -2.42. The number of sulfonamides is 1. The Kier molecular flexibility index (Phi) is 4.52. The second-order valence-electron chi connectivity index (χ2n) is 5.96. The van der Waals surface area contributed by atoms with Gasteiger partial charge in [-0.3, -0.25) is 4.79 Å². The first-order valence-corrected chi connectivity index (χ1v) is 10.0. The molecule has 0 spiro atoms. The predicted octanol–water partition coefficient (Wildman–Crippen LogP) is 2.12. The highest BCUT2D eigenvalue weighted by molar-refractivity contribution is 7.89. The second-order valence-corrected chi connectivity index (χ2v) is 9.26. The van der Waals surface area contributed by atoms with E-state index in [0.29, 0.717) is 24.6 Å². The summed E-state index contributed by atoms with van der Waals surface area (Å²) in [6.45, 7) is 2.33. The molecule has 1 N–H and O–H groups in total. The highest BCUT2D eigenvalue weighted by Gasteiger charge is 2.35. The van der Waals surface area contributed by atoms with Gasteiger partial charge in [0.1, 0.15) is 0 Å². The SMILES string of the molecule is CC(=O)Nc1nc2c(s1)CN(S(=O)(=O)C1CCCCC1)CC2. The van der Waals surface area contributed by atoms with Gasteiger partial charge in [-0.05, 0) is 12.8 Å². The van der Waals surface area contributed by atoms with E-state index in [1.54, 1.807) is 4.31 Å². The van der Waals surface area contributed by atoms with Crippen molar-refractivity contribution in [3.05, 3.63) is 10.6 Å². The van der Waals surface area contributed by atoms with Gasteiger partial charge in [-0.1, -0.05) is 19.3 Å². The summed E-state index contributed by atoms with van der Waals surface area (Å²) in [7, 11) is -3.22. The van der Waals surface area contributed by atoms with Gasteiger partial charge in [0.2, 0.25) is 15.9 Å². The average molecular weight is 343 g/mol. The molecule has 0 saturated heterocycles. The molecule has 8 heteroatoms. The lowest BCUT2D eigenvalue weighted by molar-refractivity contribution is -0.114. The van der Waals surface area contributed by atoms with Crippen molar-refractivity contribution in [3.8, 4) is 0 Å². The summed E-state index contributed by atoms with van der Waals surface area (Å²) in [6.07, 6.45) is 5.35. The van der Waals surface area contributed by atoms with Crippen molar-refractivity contribution in [1.29, 1.82) is 0 Å². The fraction of sp³-hybridized carbons (Fsp3) is 0.714. The van der Waals surface area contributed by atoms with Gasteiger partial charge in [0.05, 0.1) is 10.9 Å². The van der Waals surface area contributed by atoms with Crippen molar-refractivity contribution in [3.63, 3.8) is 0 Å². The fourth-order valence-electron chi connectivity index (χ4n) is 3.17. The standard InChI is InChI=1S/C14H21N3O3S2/c1-10(18)15-14-16-12-7-8-17(9-13(12)21-14)22(19,20)11-5-3-2-4-6-11/h11H,2-9H2,1H3,(H,15,16,18). The van der Waals surface area contributed by atoms with E-state index < -0.39 is 10.0 Å². The van der Waals surface area contributed by atoms with E-state index >= 15 is 0 Å². The number of nitrogens with one attached hydrogen (secondary N) is 1. The van der Waals surface area contributed by atoms with Crippen LogP contribution in [0.1, 0.15) is 49.6 Å². The molecule has 1 aliphatic heterocycles. The molecule has 6 nitrogen and oxygen atoms in total. The van der Waals surface area contributed by atoms with Gasteiger partial charge < -0.3 is 5.32 Å². The Morgan fingerprint density at radius 1 is 1.32 bits per heavy atom. The van der Waals surface area contributed by atoms with Crippen LogP contribution >= 0.6 is 11.3 Å². The van der Waals surface area contributed by atoms with Crippen LogP contribution in [0.25, 0.3) is 0 Å². The van der Waals surface area contributed by atoms with Gasteiger partial charge in [0.25, 0.3) is 0 Å². The number of anilines is 1. The summed E-state index contributed by atoms with van der Waals surface area (Å²) in [6, 6.07) is 0. The molecule has 0 aromatic carbocycles. The predicted molar refractivity (Wildman–Crippen MR) is 86.3 cm³/mol. The number of carbonyl (C=O) groups excluding carboxylic acids is 1. The monoisotopic (exact) mass is 343 g/mol. The number of amides is 1. The van der Waals surface area contributed by atoms with Crippen LogP contribution in [0.2, 0.25) is 0 Å². The number of fused-ring (bicyclic) bond motifs is 1. The molecule has 1 saturated carbocycles. The number of carbonyl (C=O) groups is 1. The van der Waals surface area contributed by atoms with E-state index in [4.69, 9.17) is 0 Å². The molecule has 22 heavy (non-hydrogen) atoms. The summed E-state index contributed by atoms with van der Waals surface area (Å²) >= 11 is 1.38. The molecule has 2 heterocycles. The van der Waals surface area contributed by atoms with E-state index in [0.717, 1.165) is 42.7 Å². The second kappa shape index (κ2) is 6.25. The first kappa shape index (κ1) is 15.9. The molecule has 0 bridgehead atoms. The van der Waals surface area contributed by atoms with Crippen molar-refractivity contribution in [2.75, 3.05) is 11.9 Å². The van der Waals surface area contributed by atoms with Crippen LogP contribution in [-0.4, -0.2) is 35.4 Å². The van der Waals surface area contributed by atoms with Gasteiger partial charge in [-0.2, -0.15) is 4.31 Å². The maximum atomic E-state index is 12.8. The van der Waals surface area contributed by atoms with Gasteiger partial charge in [-0.25, -0.2) is 13.4 Å². The number of aromatic nitrogens is 1. The Hall–Kier alpha value is -0.990. The van der Waals surface area contributed by atoms with Gasteiger partial charge in [0, 0.05) is 31.3 Å². The summed E-state index contributed by atoms with van der Waals surface area (Å²) in [5, 5.41) is 3.03. The quantitative estimate of drug-likeness (QED) is 0.912. The molecule has 122 valence electrons. The van der Waals surface area contributed by atoms with E-state index in [9.17, 15) is 13.2 Å². The molecule has 1 aliphatic carbocycles. The Morgan fingerprint density at radius 2 is 2.05 bits per heavy atom. The van der Waals surface area contributed by atoms with Crippen LogP contribution < -0.4 is 5.32 Å². The lowest BCUT2D eigenvalue weighted by Gasteiger charge is -2.31. The zero-order chi connectivity index (χ0) is 15.7. The third-order valence-electron chi connectivity index (χ3n) is 4.31. The first-order chi connectivity index (χ1) is 10.5. The van der Waals surface area contributed by atoms with Crippen LogP contribution in [0.5, 0.6) is 0 Å². The molecule has 0 unspecified atom stereocenters. The molecular weight excluding hydrogens is 322 g/mol. The van der Waals surface area contributed by atoms with Crippen molar-refractivity contribution in [2.24, 2.45) is 0 Å². The van der Waals surface area contributed by atoms with Crippen LogP contribution in [0.4, 0.5) is 5.13 Å². The molecule has 1 aromatic rings. The van der Waals surface area contributed by atoms with Crippen molar-refractivity contribution in [2.45, 2.75) is 57.2 Å². The van der Waals surface area contributed by atoms with Gasteiger partial charge >= 0.3 is 0 Å². The van der Waals surface area contributed by atoms with Crippen molar-refractivity contribution < 1.29 is 13.2 Å². The molecule has 1 amide bonds. The number of rotatable bonds is 3. The normalized spacial score (nSPS) is 20.6. The third kappa shape index (κ3) is 3.18. The number of hydrogen-bond acceptors (Lipinski definition) is 5. The summed E-state index contributed by atoms with van der Waals surface area (Å²) < 4.78 is 27.2. The van der Waals surface area contributed by atoms with Gasteiger partial charge in [-0.15, -0.1) is 11.3 Å². The molecule has 2 aliphatic rings. The van der Waals surface area contributed by atoms with Gasteiger partial charge in [0.15, 0.2) is 5.13 Å². The molecule has 1 fully saturated rings. The summed E-state index contributed by atoms with van der Waals surface area (Å²) in [5.41, 5.74) is 0.920. The number of nitrogens with zero attached hydrogens (tertiary/aromatic N) is 2. The zero-order valence-corrected chi connectivity index (χ0v) is 14.3. The molecule has 3 rings (SSSR count). The largest absolute Gasteiger partial charge is 0.302 e. The number of thiazole rings is 1. The van der Waals surface area contributed by atoms with E-state index in [1.165, 1.54) is 18.3 Å². The fourth-order valence-corrected chi connectivity index (χ4v) is 6.32.